The van der Waals surface area contributed by atoms with E-state index in [9.17, 15) is 14.4 Å². The van der Waals surface area contributed by atoms with Crippen LogP contribution in [0.2, 0.25) is 0 Å². The molecule has 1 saturated carbocycles. The van der Waals surface area contributed by atoms with E-state index in [1.165, 1.54) is 17.7 Å². The number of carbonyl (C=O) groups is 3. The lowest BCUT2D eigenvalue weighted by atomic mass is 9.99. The molecule has 2 rings (SSSR count). The molecule has 1 aliphatic carbocycles. The summed E-state index contributed by atoms with van der Waals surface area (Å²) < 4.78 is 0. The van der Waals surface area contributed by atoms with Gasteiger partial charge < -0.3 is 5.32 Å². The molecule has 0 radical (unpaired) electrons. The molecule has 1 N–H and O–H groups in total. The molecule has 2 fully saturated rings. The molecule has 0 spiro atoms. The highest BCUT2D eigenvalue weighted by Gasteiger charge is 2.28. The third kappa shape index (κ3) is 4.05. The maximum Gasteiger partial charge on any atom is 0.229 e. The SMILES string of the molecule is O=C(NCCCN1C(=O)CCC1=O)C1CCCCCC1. The van der Waals surface area contributed by atoms with Crippen molar-refractivity contribution in [1.82, 2.24) is 10.2 Å². The Morgan fingerprint density at radius 3 is 2.25 bits per heavy atom. The molecule has 0 atom stereocenters. The highest BCUT2D eigenvalue weighted by atomic mass is 16.2. The Hall–Kier alpha value is -1.39. The van der Waals surface area contributed by atoms with Gasteiger partial charge in [0, 0.05) is 31.8 Å². The smallest absolute Gasteiger partial charge is 0.229 e. The fraction of sp³-hybridized carbons (Fsp3) is 0.800. The van der Waals surface area contributed by atoms with Crippen molar-refractivity contribution < 1.29 is 14.4 Å². The van der Waals surface area contributed by atoms with Crippen molar-refractivity contribution in [3.05, 3.63) is 0 Å². The van der Waals surface area contributed by atoms with E-state index in [2.05, 4.69) is 5.32 Å². The van der Waals surface area contributed by atoms with Crippen LogP contribution in [0.15, 0.2) is 0 Å². The number of amides is 3. The summed E-state index contributed by atoms with van der Waals surface area (Å²) in [6, 6.07) is 0. The molecule has 1 aliphatic heterocycles. The van der Waals surface area contributed by atoms with Crippen LogP contribution in [-0.4, -0.2) is 35.7 Å². The molecule has 20 heavy (non-hydrogen) atoms. The summed E-state index contributed by atoms with van der Waals surface area (Å²) in [7, 11) is 0. The largest absolute Gasteiger partial charge is 0.356 e. The lowest BCUT2D eigenvalue weighted by Crippen LogP contribution is -2.35. The van der Waals surface area contributed by atoms with Gasteiger partial charge in [-0.15, -0.1) is 0 Å². The fourth-order valence-corrected chi connectivity index (χ4v) is 3.01. The third-order valence-electron chi connectivity index (χ3n) is 4.24. The molecule has 112 valence electrons. The molecular formula is C15H24N2O3. The van der Waals surface area contributed by atoms with E-state index < -0.39 is 0 Å². The van der Waals surface area contributed by atoms with Gasteiger partial charge in [0.15, 0.2) is 0 Å². The van der Waals surface area contributed by atoms with E-state index in [0.717, 1.165) is 25.7 Å². The van der Waals surface area contributed by atoms with Crippen LogP contribution < -0.4 is 5.32 Å². The van der Waals surface area contributed by atoms with Gasteiger partial charge >= 0.3 is 0 Å². The molecule has 1 saturated heterocycles. The number of imide groups is 1. The van der Waals surface area contributed by atoms with Crippen molar-refractivity contribution in [2.75, 3.05) is 13.1 Å². The molecule has 0 aromatic rings. The van der Waals surface area contributed by atoms with Crippen LogP contribution >= 0.6 is 0 Å². The summed E-state index contributed by atoms with van der Waals surface area (Å²) in [5, 5.41) is 2.95. The molecule has 0 aromatic carbocycles. The molecule has 5 heteroatoms. The number of rotatable bonds is 5. The first-order chi connectivity index (χ1) is 9.68. The Bertz CT molecular complexity index is 357. The maximum absolute atomic E-state index is 12.0. The van der Waals surface area contributed by atoms with E-state index >= 15 is 0 Å². The normalized spacial score (nSPS) is 21.1. The molecular weight excluding hydrogens is 256 g/mol. The summed E-state index contributed by atoms with van der Waals surface area (Å²) >= 11 is 0. The molecule has 0 aromatic heterocycles. The second-order valence-electron chi connectivity index (χ2n) is 5.77. The van der Waals surface area contributed by atoms with E-state index in [1.54, 1.807) is 0 Å². The van der Waals surface area contributed by atoms with Crippen LogP contribution in [0, 0.1) is 5.92 Å². The summed E-state index contributed by atoms with van der Waals surface area (Å²) in [4.78, 5) is 36.2. The Balaban J connectivity index is 1.64. The number of hydrogen-bond acceptors (Lipinski definition) is 3. The topological polar surface area (TPSA) is 66.5 Å². The Kier molecular flexibility index (Phi) is 5.56. The van der Waals surface area contributed by atoms with Crippen LogP contribution in [-0.2, 0) is 14.4 Å². The predicted octanol–water partition coefficient (Wildman–Crippen LogP) is 1.61. The van der Waals surface area contributed by atoms with E-state index in [1.807, 2.05) is 0 Å². The van der Waals surface area contributed by atoms with Gasteiger partial charge in [0.05, 0.1) is 0 Å². The average molecular weight is 280 g/mol. The lowest BCUT2D eigenvalue weighted by Gasteiger charge is -2.16. The van der Waals surface area contributed by atoms with Crippen molar-refractivity contribution in [3.8, 4) is 0 Å². The number of nitrogens with one attached hydrogen (secondary N) is 1. The van der Waals surface area contributed by atoms with Crippen molar-refractivity contribution in [3.63, 3.8) is 0 Å². The minimum atomic E-state index is -0.0786. The van der Waals surface area contributed by atoms with Gasteiger partial charge in [-0.05, 0) is 19.3 Å². The van der Waals surface area contributed by atoms with Gasteiger partial charge in [-0.1, -0.05) is 25.7 Å². The van der Waals surface area contributed by atoms with Crippen molar-refractivity contribution >= 4 is 17.7 Å². The minimum Gasteiger partial charge on any atom is -0.356 e. The number of hydrogen-bond donors (Lipinski definition) is 1. The zero-order valence-electron chi connectivity index (χ0n) is 12.0. The van der Waals surface area contributed by atoms with E-state index in [0.29, 0.717) is 32.4 Å². The minimum absolute atomic E-state index is 0.0786. The molecule has 0 unspecified atom stereocenters. The second kappa shape index (κ2) is 7.41. The van der Waals surface area contributed by atoms with Crippen molar-refractivity contribution in [2.24, 2.45) is 5.92 Å². The quantitative estimate of drug-likeness (QED) is 0.472. The zero-order valence-corrected chi connectivity index (χ0v) is 12.0. The van der Waals surface area contributed by atoms with Crippen LogP contribution in [0.1, 0.15) is 57.8 Å². The number of likely N-dealkylation sites (tertiary alicyclic amines) is 1. The average Bonchev–Trinajstić information content (AvgIpc) is 2.67. The van der Waals surface area contributed by atoms with Gasteiger partial charge in [-0.25, -0.2) is 0 Å². The highest BCUT2D eigenvalue weighted by Crippen LogP contribution is 2.22. The molecule has 2 aliphatic rings. The fourth-order valence-electron chi connectivity index (χ4n) is 3.01. The van der Waals surface area contributed by atoms with Crippen LogP contribution in [0.4, 0.5) is 0 Å². The summed E-state index contributed by atoms with van der Waals surface area (Å²) in [6.07, 6.45) is 8.09. The Morgan fingerprint density at radius 2 is 1.65 bits per heavy atom. The number of nitrogens with zero attached hydrogens (tertiary/aromatic N) is 1. The Labute approximate surface area is 120 Å². The Morgan fingerprint density at radius 1 is 1.05 bits per heavy atom. The van der Waals surface area contributed by atoms with Crippen LogP contribution in [0.5, 0.6) is 0 Å². The predicted molar refractivity (Wildman–Crippen MR) is 74.8 cm³/mol. The van der Waals surface area contributed by atoms with Crippen LogP contribution in [0.3, 0.4) is 0 Å². The lowest BCUT2D eigenvalue weighted by molar-refractivity contribution is -0.138. The first-order valence-corrected chi connectivity index (χ1v) is 7.79. The van der Waals surface area contributed by atoms with Gasteiger partial charge in [0.2, 0.25) is 17.7 Å². The highest BCUT2D eigenvalue weighted by molar-refractivity contribution is 6.01. The van der Waals surface area contributed by atoms with E-state index in [-0.39, 0.29) is 23.6 Å². The molecule has 3 amide bonds. The maximum atomic E-state index is 12.0. The van der Waals surface area contributed by atoms with Crippen molar-refractivity contribution in [2.45, 2.75) is 57.8 Å². The van der Waals surface area contributed by atoms with Gasteiger partial charge in [0.1, 0.15) is 0 Å². The summed E-state index contributed by atoms with van der Waals surface area (Å²) in [6.45, 7) is 0.981. The van der Waals surface area contributed by atoms with Gasteiger partial charge in [-0.3, -0.25) is 19.3 Å². The third-order valence-corrected chi connectivity index (χ3v) is 4.24. The number of carbonyl (C=O) groups excluding carboxylic acids is 3. The molecule has 1 heterocycles. The van der Waals surface area contributed by atoms with Gasteiger partial charge in [0.25, 0.3) is 0 Å². The van der Waals surface area contributed by atoms with E-state index in [4.69, 9.17) is 0 Å². The first kappa shape index (κ1) is 15.0. The monoisotopic (exact) mass is 280 g/mol. The van der Waals surface area contributed by atoms with Crippen molar-refractivity contribution in [1.29, 1.82) is 0 Å². The summed E-state index contributed by atoms with van der Waals surface area (Å²) in [5.41, 5.74) is 0. The second-order valence-corrected chi connectivity index (χ2v) is 5.77. The van der Waals surface area contributed by atoms with Crippen LogP contribution in [0.25, 0.3) is 0 Å². The first-order valence-electron chi connectivity index (χ1n) is 7.79. The molecule has 0 bridgehead atoms. The zero-order chi connectivity index (χ0) is 14.4. The summed E-state index contributed by atoms with van der Waals surface area (Å²) in [5.74, 6) is 0.147. The standard InChI is InChI=1S/C15H24N2O3/c18-13-8-9-14(19)17(13)11-5-10-16-15(20)12-6-3-1-2-4-7-12/h12H,1-11H2,(H,16,20). The van der Waals surface area contributed by atoms with Gasteiger partial charge in [-0.2, -0.15) is 0 Å². The molecule has 5 nitrogen and oxygen atoms in total.